The zero-order chi connectivity index (χ0) is 42.2. The zero-order valence-corrected chi connectivity index (χ0v) is 36.3. The van der Waals surface area contributed by atoms with Crippen LogP contribution in [0.2, 0.25) is 0 Å². The second kappa shape index (κ2) is 14.5. The normalized spacial score (nSPS) is 14.1. The summed E-state index contributed by atoms with van der Waals surface area (Å²) in [6, 6.07) is 78.3. The third-order valence-electron chi connectivity index (χ3n) is 13.5. The molecule has 4 nitrogen and oxygen atoms in total. The van der Waals surface area contributed by atoms with E-state index in [1.807, 2.05) is 22.7 Å². The summed E-state index contributed by atoms with van der Waals surface area (Å²) in [5, 5.41) is 2.37. The van der Waals surface area contributed by atoms with Crippen LogP contribution in [0.3, 0.4) is 0 Å². The third kappa shape index (κ3) is 5.49. The SMILES string of the molecule is c1ccc([B-]2(c3ccccc3)Oc3ccc(-c4ccc(-c5ccc(-c6ccc(-c7ccc8c9c7ccc[n+]9[B-](c7ccccc7)(c7ccccc7)O8)s6)cc5)s4)c4ccc[n+]2c34)cc1. The molecule has 2 aliphatic heterocycles. The van der Waals surface area contributed by atoms with Crippen LogP contribution in [0, 0.1) is 0 Å². The van der Waals surface area contributed by atoms with E-state index in [9.17, 15) is 0 Å². The summed E-state index contributed by atoms with van der Waals surface area (Å²) in [7, 11) is 0. The molecule has 0 spiro atoms. The van der Waals surface area contributed by atoms with E-state index in [-0.39, 0.29) is 0 Å². The van der Waals surface area contributed by atoms with Crippen LogP contribution in [0.15, 0.2) is 231 Å². The fourth-order valence-electron chi connectivity index (χ4n) is 10.6. The minimum absolute atomic E-state index is 0.909. The highest BCUT2D eigenvalue weighted by molar-refractivity contribution is 7.19. The second-order valence-corrected chi connectivity index (χ2v) is 19.0. The summed E-state index contributed by atoms with van der Waals surface area (Å²) in [5.41, 5.74) is 11.7. The lowest BCUT2D eigenvalue weighted by molar-refractivity contribution is -0.515. The minimum atomic E-state index is -1.72. The van der Waals surface area contributed by atoms with Crippen LogP contribution in [0.5, 0.6) is 11.5 Å². The molecule has 302 valence electrons. The van der Waals surface area contributed by atoms with Crippen LogP contribution < -0.4 is 40.1 Å². The number of hydrogen-bond acceptors (Lipinski definition) is 4. The Morgan fingerprint density at radius 2 is 0.656 bits per heavy atom. The van der Waals surface area contributed by atoms with Gasteiger partial charge in [0, 0.05) is 30.6 Å². The van der Waals surface area contributed by atoms with Gasteiger partial charge >= 0.3 is 13.0 Å². The van der Waals surface area contributed by atoms with Gasteiger partial charge in [0.25, 0.3) is 0 Å². The maximum absolute atomic E-state index is 7.12. The molecular weight excluding hydrogens is 818 g/mol. The van der Waals surface area contributed by atoms with Gasteiger partial charge in [0.1, 0.15) is 23.9 Å². The summed E-state index contributed by atoms with van der Waals surface area (Å²) in [4.78, 5) is 4.94. The molecule has 0 aliphatic carbocycles. The predicted octanol–water partition coefficient (Wildman–Crippen LogP) is 10.4. The molecule has 0 unspecified atom stereocenters. The first-order valence-corrected chi connectivity index (χ1v) is 23.5. The number of rotatable bonds is 8. The summed E-state index contributed by atoms with van der Waals surface area (Å²) in [6.45, 7) is -3.45. The van der Waals surface area contributed by atoms with Crippen molar-refractivity contribution in [3.8, 4) is 53.3 Å². The van der Waals surface area contributed by atoms with Gasteiger partial charge in [0.15, 0.2) is 0 Å². The molecule has 0 fully saturated rings. The van der Waals surface area contributed by atoms with E-state index < -0.39 is 13.0 Å². The highest BCUT2D eigenvalue weighted by atomic mass is 32.1. The number of aromatic nitrogens is 2. The Balaban J connectivity index is 0.816. The van der Waals surface area contributed by atoms with E-state index in [0.717, 1.165) is 44.4 Å². The van der Waals surface area contributed by atoms with Crippen molar-refractivity contribution in [2.75, 3.05) is 0 Å². The molecule has 0 bridgehead atoms. The standard InChI is InChI=1S/C56H38B2N2O2S2/c1-5-15-41(16-6-1)57(42-17-7-2-8-18-42)59-37-13-23-47-45(29-31-49(61-57)55(47)59)53-35-33-51(63-53)39-25-27-40(28-26-39)52-34-36-54(64-52)46-30-32-50-56-48(46)24-14-38-60(56)58(62-50,43-19-9-3-10-20-43)44-21-11-4-12-22-44/h1-38H. The highest BCUT2D eigenvalue weighted by Gasteiger charge is 2.51. The molecule has 11 aromatic rings. The van der Waals surface area contributed by atoms with Gasteiger partial charge in [0.05, 0.1) is 10.8 Å². The smallest absolute Gasteiger partial charge is 0.513 e. The molecule has 0 radical (unpaired) electrons. The Bertz CT molecular complexity index is 3240. The van der Waals surface area contributed by atoms with E-state index >= 15 is 0 Å². The molecule has 0 atom stereocenters. The van der Waals surface area contributed by atoms with Crippen molar-refractivity contribution in [1.29, 1.82) is 0 Å². The van der Waals surface area contributed by atoms with Gasteiger partial charge in [-0.15, -0.1) is 22.7 Å². The molecular formula is C56H38B2N2O2S2. The lowest BCUT2D eigenvalue weighted by atomic mass is 9.41. The fraction of sp³-hybridized carbons (Fsp3) is 0. The molecule has 2 aliphatic rings. The summed E-state index contributed by atoms with van der Waals surface area (Å²) < 4.78 is 19.0. The molecule has 13 rings (SSSR count). The number of hydrogen-bond donors (Lipinski definition) is 0. The van der Waals surface area contributed by atoms with Crippen molar-refractivity contribution in [3.63, 3.8) is 0 Å². The number of pyridine rings is 2. The first-order chi connectivity index (χ1) is 31.7. The van der Waals surface area contributed by atoms with Crippen molar-refractivity contribution >= 4 is 79.3 Å². The summed E-state index contributed by atoms with van der Waals surface area (Å²) in [6.07, 6.45) is 4.37. The first-order valence-electron chi connectivity index (χ1n) is 21.8. The number of benzene rings is 7. The Hall–Kier alpha value is -7.51. The van der Waals surface area contributed by atoms with Crippen LogP contribution in [0.25, 0.3) is 63.6 Å². The zero-order valence-electron chi connectivity index (χ0n) is 34.6. The van der Waals surface area contributed by atoms with E-state index in [0.29, 0.717) is 0 Å². The summed E-state index contributed by atoms with van der Waals surface area (Å²) >= 11 is 3.67. The van der Waals surface area contributed by atoms with Gasteiger partial charge in [-0.2, -0.15) is 0 Å². The average Bonchev–Trinajstić information content (AvgIpc) is 4.19. The average molecular weight is 857 g/mol. The van der Waals surface area contributed by atoms with E-state index in [4.69, 9.17) is 9.31 Å². The minimum Gasteiger partial charge on any atom is -0.647 e. The largest absolute Gasteiger partial charge is 0.647 e. The maximum atomic E-state index is 7.12. The van der Waals surface area contributed by atoms with Crippen LogP contribution in [-0.4, -0.2) is 13.0 Å². The Labute approximate surface area is 379 Å². The van der Waals surface area contributed by atoms with Crippen LogP contribution in [0.1, 0.15) is 0 Å². The topological polar surface area (TPSA) is 26.2 Å². The van der Waals surface area contributed by atoms with E-state index in [1.165, 1.54) is 52.5 Å². The molecule has 7 aromatic carbocycles. The van der Waals surface area contributed by atoms with Gasteiger partial charge in [-0.25, -0.2) is 0 Å². The molecule has 6 heterocycles. The van der Waals surface area contributed by atoms with Crippen molar-refractivity contribution in [2.24, 2.45) is 0 Å². The van der Waals surface area contributed by atoms with Crippen molar-refractivity contribution in [1.82, 2.24) is 0 Å². The fourth-order valence-corrected chi connectivity index (χ4v) is 12.7. The molecule has 0 saturated carbocycles. The van der Waals surface area contributed by atoms with Gasteiger partial charge in [-0.3, -0.25) is 0 Å². The number of nitrogens with zero attached hydrogens (tertiary/aromatic N) is 2. The molecule has 64 heavy (non-hydrogen) atoms. The van der Waals surface area contributed by atoms with Crippen molar-refractivity contribution in [3.05, 3.63) is 231 Å². The Morgan fingerprint density at radius 1 is 0.312 bits per heavy atom. The van der Waals surface area contributed by atoms with Crippen LogP contribution in [0.4, 0.5) is 0 Å². The Morgan fingerprint density at radius 3 is 1.02 bits per heavy atom. The highest BCUT2D eigenvalue weighted by Crippen LogP contribution is 2.44. The lowest BCUT2D eigenvalue weighted by Gasteiger charge is -2.31. The first kappa shape index (κ1) is 37.1. The van der Waals surface area contributed by atoms with Gasteiger partial charge < -0.3 is 18.3 Å². The van der Waals surface area contributed by atoms with Gasteiger partial charge in [0.2, 0.25) is 11.0 Å². The molecule has 0 saturated heterocycles. The third-order valence-corrected chi connectivity index (χ3v) is 15.8. The monoisotopic (exact) mass is 856 g/mol. The quantitative estimate of drug-likeness (QED) is 0.142. The van der Waals surface area contributed by atoms with Crippen molar-refractivity contribution < 1.29 is 18.3 Å². The van der Waals surface area contributed by atoms with Crippen LogP contribution in [-0.2, 0) is 0 Å². The van der Waals surface area contributed by atoms with Gasteiger partial charge in [-0.05, 0) is 83.9 Å². The molecule has 4 aromatic heterocycles. The summed E-state index contributed by atoms with van der Waals surface area (Å²) in [5.74, 6) is 1.82. The number of thiophene rings is 2. The van der Waals surface area contributed by atoms with Crippen molar-refractivity contribution in [2.45, 2.75) is 0 Å². The molecule has 0 N–H and O–H groups in total. The second-order valence-electron chi connectivity index (χ2n) is 16.8. The lowest BCUT2D eigenvalue weighted by Crippen LogP contribution is -2.80. The maximum Gasteiger partial charge on any atom is 0.513 e. The Kier molecular flexibility index (Phi) is 8.42. The predicted molar refractivity (Wildman–Crippen MR) is 267 cm³/mol. The van der Waals surface area contributed by atoms with E-state index in [2.05, 4.69) is 240 Å². The van der Waals surface area contributed by atoms with E-state index in [1.54, 1.807) is 0 Å². The molecule has 0 amide bonds. The molecule has 8 heteroatoms. The van der Waals surface area contributed by atoms with Crippen LogP contribution >= 0.6 is 22.7 Å². The van der Waals surface area contributed by atoms with Gasteiger partial charge in [-0.1, -0.05) is 167 Å².